The summed E-state index contributed by atoms with van der Waals surface area (Å²) in [6.07, 6.45) is 1.43. The topological polar surface area (TPSA) is 76.7 Å². The van der Waals surface area contributed by atoms with Crippen LogP contribution in [0.3, 0.4) is 0 Å². The largest absolute Gasteiger partial charge is 0.384 e. The van der Waals surface area contributed by atoms with Gasteiger partial charge in [-0.25, -0.2) is 15.0 Å². The molecule has 0 atom stereocenters. The van der Waals surface area contributed by atoms with Crippen molar-refractivity contribution >= 4 is 28.1 Å². The van der Waals surface area contributed by atoms with Crippen LogP contribution in [0.4, 0.5) is 16.8 Å². The third kappa shape index (κ3) is 2.46. The van der Waals surface area contributed by atoms with Crippen LogP contribution in [0.1, 0.15) is 25.5 Å². The second-order valence-electron chi connectivity index (χ2n) is 3.69. The van der Waals surface area contributed by atoms with E-state index in [1.54, 1.807) is 17.4 Å². The van der Waals surface area contributed by atoms with Crippen molar-refractivity contribution in [2.24, 2.45) is 0 Å². The van der Waals surface area contributed by atoms with Gasteiger partial charge in [-0.2, -0.15) is 0 Å². The molecule has 0 aliphatic rings. The van der Waals surface area contributed by atoms with Crippen LogP contribution in [0, 0.1) is 0 Å². The minimum absolute atomic E-state index is 0.433. The molecular weight excluding hydrogens is 222 g/mol. The number of aromatic nitrogens is 3. The van der Waals surface area contributed by atoms with Crippen LogP contribution in [-0.4, -0.2) is 15.0 Å². The Labute approximate surface area is 97.8 Å². The number of nitrogens with two attached hydrogens (primary N) is 1. The highest BCUT2D eigenvalue weighted by Crippen LogP contribution is 2.23. The first-order valence-electron chi connectivity index (χ1n) is 4.95. The van der Waals surface area contributed by atoms with Gasteiger partial charge in [0.2, 0.25) is 0 Å². The maximum Gasteiger partial charge on any atom is 0.188 e. The van der Waals surface area contributed by atoms with Gasteiger partial charge in [0.25, 0.3) is 0 Å². The number of hydrogen-bond donors (Lipinski definition) is 2. The zero-order chi connectivity index (χ0) is 11.5. The monoisotopic (exact) mass is 235 g/mol. The lowest BCUT2D eigenvalue weighted by molar-refractivity contribution is 0.834. The van der Waals surface area contributed by atoms with Crippen molar-refractivity contribution in [3.8, 4) is 0 Å². The van der Waals surface area contributed by atoms with Crippen molar-refractivity contribution in [2.45, 2.75) is 19.8 Å². The van der Waals surface area contributed by atoms with Crippen molar-refractivity contribution in [1.29, 1.82) is 0 Å². The van der Waals surface area contributed by atoms with Gasteiger partial charge in [-0.05, 0) is 5.92 Å². The number of hydrogen-bond acceptors (Lipinski definition) is 6. The molecule has 2 aromatic heterocycles. The fourth-order valence-electron chi connectivity index (χ4n) is 1.16. The fraction of sp³-hybridized carbons (Fsp3) is 0.300. The lowest BCUT2D eigenvalue weighted by atomic mass is 10.2. The van der Waals surface area contributed by atoms with Gasteiger partial charge in [-0.1, -0.05) is 13.8 Å². The second-order valence-corrected chi connectivity index (χ2v) is 4.54. The first-order valence-corrected chi connectivity index (χ1v) is 5.83. The Hall–Kier alpha value is -1.69. The highest BCUT2D eigenvalue weighted by atomic mass is 32.1. The van der Waals surface area contributed by atoms with Gasteiger partial charge in [-0.15, -0.1) is 11.3 Å². The third-order valence-electron chi connectivity index (χ3n) is 2.04. The molecule has 0 spiro atoms. The average Bonchev–Trinajstić information content (AvgIpc) is 2.66. The van der Waals surface area contributed by atoms with Crippen molar-refractivity contribution in [1.82, 2.24) is 15.0 Å². The normalized spacial score (nSPS) is 10.7. The number of anilines is 3. The minimum Gasteiger partial charge on any atom is -0.384 e. The van der Waals surface area contributed by atoms with Gasteiger partial charge in [-0.3, -0.25) is 0 Å². The lowest BCUT2D eigenvalue weighted by Crippen LogP contribution is -1.97. The zero-order valence-electron chi connectivity index (χ0n) is 9.14. The molecule has 5 nitrogen and oxygen atoms in total. The van der Waals surface area contributed by atoms with E-state index in [1.807, 2.05) is 5.38 Å². The quantitative estimate of drug-likeness (QED) is 0.854. The molecule has 6 heteroatoms. The van der Waals surface area contributed by atoms with E-state index in [-0.39, 0.29) is 0 Å². The third-order valence-corrected chi connectivity index (χ3v) is 2.81. The molecule has 84 valence electrons. The van der Waals surface area contributed by atoms with E-state index in [0.717, 1.165) is 10.8 Å². The molecular formula is C10H13N5S. The molecule has 0 unspecified atom stereocenters. The Morgan fingerprint density at radius 3 is 2.81 bits per heavy atom. The van der Waals surface area contributed by atoms with E-state index in [0.29, 0.717) is 17.6 Å². The molecule has 0 saturated heterocycles. The predicted molar refractivity (Wildman–Crippen MR) is 65.9 cm³/mol. The first kappa shape index (κ1) is 10.8. The van der Waals surface area contributed by atoms with Gasteiger partial charge in [0.1, 0.15) is 18.0 Å². The van der Waals surface area contributed by atoms with Crippen LogP contribution in [0.5, 0.6) is 0 Å². The summed E-state index contributed by atoms with van der Waals surface area (Å²) in [5, 5.41) is 5.96. The van der Waals surface area contributed by atoms with Crippen LogP contribution in [-0.2, 0) is 0 Å². The van der Waals surface area contributed by atoms with E-state index in [1.165, 1.54) is 6.33 Å². The molecule has 0 aliphatic carbocycles. The van der Waals surface area contributed by atoms with Gasteiger partial charge < -0.3 is 11.1 Å². The zero-order valence-corrected chi connectivity index (χ0v) is 9.95. The van der Waals surface area contributed by atoms with Crippen molar-refractivity contribution < 1.29 is 0 Å². The smallest absolute Gasteiger partial charge is 0.188 e. The van der Waals surface area contributed by atoms with E-state index < -0.39 is 0 Å². The summed E-state index contributed by atoms with van der Waals surface area (Å²) in [5.74, 6) is 1.54. The van der Waals surface area contributed by atoms with Crippen LogP contribution >= 0.6 is 11.3 Å². The van der Waals surface area contributed by atoms with Gasteiger partial charge >= 0.3 is 0 Å². The number of thiazole rings is 1. The Morgan fingerprint density at radius 1 is 1.38 bits per heavy atom. The SMILES string of the molecule is CC(C)c1csc(Nc2cc(N)ncn2)n1. The van der Waals surface area contributed by atoms with Crippen LogP contribution in [0.15, 0.2) is 17.8 Å². The van der Waals surface area contributed by atoms with Gasteiger partial charge in [0.05, 0.1) is 5.69 Å². The fourth-order valence-corrected chi connectivity index (χ4v) is 2.04. The molecule has 3 N–H and O–H groups in total. The molecule has 0 aromatic carbocycles. The van der Waals surface area contributed by atoms with Crippen molar-refractivity contribution in [3.05, 3.63) is 23.5 Å². The molecule has 0 fully saturated rings. The van der Waals surface area contributed by atoms with E-state index in [2.05, 4.69) is 34.1 Å². The van der Waals surface area contributed by atoms with Crippen LogP contribution in [0.2, 0.25) is 0 Å². The summed E-state index contributed by atoms with van der Waals surface area (Å²) in [6.45, 7) is 4.23. The molecule has 16 heavy (non-hydrogen) atoms. The van der Waals surface area contributed by atoms with Crippen LogP contribution < -0.4 is 11.1 Å². The summed E-state index contributed by atoms with van der Waals surface area (Å²) in [6, 6.07) is 1.68. The molecule has 2 aromatic rings. The number of rotatable bonds is 3. The average molecular weight is 235 g/mol. The Kier molecular flexibility index (Phi) is 3.00. The van der Waals surface area contributed by atoms with Gasteiger partial charge in [0, 0.05) is 11.4 Å². The Morgan fingerprint density at radius 2 is 2.19 bits per heavy atom. The number of nitrogens with zero attached hydrogens (tertiary/aromatic N) is 3. The Bertz CT molecular complexity index is 480. The molecule has 0 aliphatic heterocycles. The first-order chi connectivity index (χ1) is 7.65. The molecule has 2 heterocycles. The summed E-state index contributed by atoms with van der Waals surface area (Å²) >= 11 is 1.56. The van der Waals surface area contributed by atoms with E-state index >= 15 is 0 Å². The summed E-state index contributed by atoms with van der Waals surface area (Å²) in [7, 11) is 0. The van der Waals surface area contributed by atoms with Crippen molar-refractivity contribution in [2.75, 3.05) is 11.1 Å². The van der Waals surface area contributed by atoms with Crippen LogP contribution in [0.25, 0.3) is 0 Å². The minimum atomic E-state index is 0.433. The molecule has 0 saturated carbocycles. The maximum absolute atomic E-state index is 5.56. The molecule has 0 bridgehead atoms. The summed E-state index contributed by atoms with van der Waals surface area (Å²) in [4.78, 5) is 12.3. The second kappa shape index (κ2) is 4.44. The molecule has 0 radical (unpaired) electrons. The number of nitrogen functional groups attached to an aromatic ring is 1. The summed E-state index contributed by atoms with van der Waals surface area (Å²) < 4.78 is 0. The standard InChI is InChI=1S/C10H13N5S/c1-6(2)7-4-16-10(14-7)15-9-3-8(11)12-5-13-9/h3-6H,1-2H3,(H3,11,12,13,14,15). The van der Waals surface area contributed by atoms with Crippen molar-refractivity contribution in [3.63, 3.8) is 0 Å². The highest BCUT2D eigenvalue weighted by molar-refractivity contribution is 7.13. The molecule has 2 rings (SSSR count). The predicted octanol–water partition coefficient (Wildman–Crippen LogP) is 2.38. The van der Waals surface area contributed by atoms with E-state index in [9.17, 15) is 0 Å². The molecule has 0 amide bonds. The van der Waals surface area contributed by atoms with Gasteiger partial charge in [0.15, 0.2) is 5.13 Å². The number of nitrogens with one attached hydrogen (secondary N) is 1. The summed E-state index contributed by atoms with van der Waals surface area (Å²) in [5.41, 5.74) is 6.64. The lowest BCUT2D eigenvalue weighted by Gasteiger charge is -2.01. The Balaban J connectivity index is 2.14. The van der Waals surface area contributed by atoms with E-state index in [4.69, 9.17) is 5.73 Å². The highest BCUT2D eigenvalue weighted by Gasteiger charge is 2.06. The maximum atomic E-state index is 5.56.